The highest BCUT2D eigenvalue weighted by atomic mass is 31.2. The van der Waals surface area contributed by atoms with Crippen molar-refractivity contribution in [1.82, 2.24) is 0 Å². The number of unbranched alkanes of at least 4 members (excludes halogenated alkanes) is 9. The second kappa shape index (κ2) is 11.7. The Bertz CT molecular complexity index is 420. The minimum Gasteiger partial charge on any atom is -0.424 e. The van der Waals surface area contributed by atoms with Crippen molar-refractivity contribution >= 4 is 7.60 Å². The Morgan fingerprint density at radius 1 is 0.864 bits per heavy atom. The fourth-order valence-electron chi connectivity index (χ4n) is 2.49. The smallest absolute Gasteiger partial charge is 0.376 e. The van der Waals surface area contributed by atoms with E-state index in [2.05, 4.69) is 6.92 Å². The molecule has 4 heteroatoms. The Labute approximate surface area is 135 Å². The molecule has 1 aromatic rings. The van der Waals surface area contributed by atoms with Crippen LogP contribution in [0.3, 0.4) is 0 Å². The minimum absolute atomic E-state index is 0.248. The summed E-state index contributed by atoms with van der Waals surface area (Å²) in [5.74, 6) is 0.473. The van der Waals surface area contributed by atoms with E-state index in [0.717, 1.165) is 19.3 Å². The standard InChI is InChI=1S/C18H31O3P/c1-2-3-4-5-6-7-8-9-10-14-17-22(19,20)21-18-15-12-11-13-16-18/h11-13,15-16H,2-10,14,17H2,1H3,(H,19,20). The summed E-state index contributed by atoms with van der Waals surface area (Å²) in [6.07, 6.45) is 12.4. The van der Waals surface area contributed by atoms with E-state index in [-0.39, 0.29) is 6.16 Å². The molecule has 0 bridgehead atoms. The van der Waals surface area contributed by atoms with Crippen molar-refractivity contribution in [2.75, 3.05) is 6.16 Å². The van der Waals surface area contributed by atoms with Gasteiger partial charge >= 0.3 is 7.60 Å². The molecule has 1 aromatic carbocycles. The Hall–Kier alpha value is -0.790. The van der Waals surface area contributed by atoms with Crippen LogP contribution in [0.2, 0.25) is 0 Å². The van der Waals surface area contributed by atoms with Crippen LogP contribution in [0, 0.1) is 0 Å². The molecule has 0 saturated carbocycles. The molecule has 0 heterocycles. The predicted molar refractivity (Wildman–Crippen MR) is 93.6 cm³/mol. The van der Waals surface area contributed by atoms with Gasteiger partial charge in [-0.2, -0.15) is 0 Å². The topological polar surface area (TPSA) is 46.5 Å². The highest BCUT2D eigenvalue weighted by molar-refractivity contribution is 7.53. The summed E-state index contributed by atoms with van der Waals surface area (Å²) in [6, 6.07) is 8.88. The molecule has 1 rings (SSSR count). The van der Waals surface area contributed by atoms with Gasteiger partial charge in [-0.1, -0.05) is 82.9 Å². The van der Waals surface area contributed by atoms with Gasteiger partial charge in [-0.3, -0.25) is 0 Å². The Balaban J connectivity index is 2.00. The molecule has 0 aliphatic carbocycles. The summed E-state index contributed by atoms with van der Waals surface area (Å²) in [7, 11) is -3.49. The molecule has 0 amide bonds. The second-order valence-electron chi connectivity index (χ2n) is 5.95. The molecule has 0 spiro atoms. The van der Waals surface area contributed by atoms with E-state index in [1.165, 1.54) is 44.9 Å². The van der Waals surface area contributed by atoms with E-state index in [4.69, 9.17) is 4.52 Å². The number of benzene rings is 1. The highest BCUT2D eigenvalue weighted by Gasteiger charge is 2.19. The lowest BCUT2D eigenvalue weighted by atomic mass is 10.1. The van der Waals surface area contributed by atoms with Crippen molar-refractivity contribution in [2.45, 2.75) is 71.1 Å². The van der Waals surface area contributed by atoms with Crippen molar-refractivity contribution in [3.05, 3.63) is 30.3 Å². The van der Waals surface area contributed by atoms with E-state index in [1.54, 1.807) is 24.3 Å². The number of para-hydroxylation sites is 1. The summed E-state index contributed by atoms with van der Waals surface area (Å²) in [4.78, 5) is 9.82. The molecule has 1 unspecified atom stereocenters. The molecule has 0 aromatic heterocycles. The van der Waals surface area contributed by atoms with Crippen LogP contribution >= 0.6 is 7.60 Å². The van der Waals surface area contributed by atoms with Gasteiger partial charge in [-0.25, -0.2) is 4.57 Å². The lowest BCUT2D eigenvalue weighted by Gasteiger charge is -2.13. The summed E-state index contributed by atoms with van der Waals surface area (Å²) in [5.41, 5.74) is 0. The van der Waals surface area contributed by atoms with Gasteiger partial charge in [0.25, 0.3) is 0 Å². The summed E-state index contributed by atoms with van der Waals surface area (Å²) in [5, 5.41) is 0. The molecule has 1 atom stereocenters. The second-order valence-corrected chi connectivity index (χ2v) is 7.85. The first-order valence-corrected chi connectivity index (χ1v) is 10.5. The van der Waals surface area contributed by atoms with Gasteiger partial charge in [0.05, 0.1) is 6.16 Å². The van der Waals surface area contributed by atoms with Gasteiger partial charge in [0.15, 0.2) is 0 Å². The first-order chi connectivity index (χ1) is 10.6. The van der Waals surface area contributed by atoms with Crippen LogP contribution in [-0.2, 0) is 4.57 Å². The minimum atomic E-state index is -3.49. The maximum absolute atomic E-state index is 12.0. The molecular weight excluding hydrogens is 295 g/mol. The van der Waals surface area contributed by atoms with Crippen LogP contribution < -0.4 is 4.52 Å². The van der Waals surface area contributed by atoms with Gasteiger partial charge in [-0.05, 0) is 18.6 Å². The van der Waals surface area contributed by atoms with Crippen molar-refractivity contribution in [3.8, 4) is 5.75 Å². The van der Waals surface area contributed by atoms with E-state index in [9.17, 15) is 9.46 Å². The third kappa shape index (κ3) is 10.0. The third-order valence-electron chi connectivity index (χ3n) is 3.79. The molecule has 0 fully saturated rings. The Morgan fingerprint density at radius 2 is 1.36 bits per heavy atom. The van der Waals surface area contributed by atoms with Crippen molar-refractivity contribution in [1.29, 1.82) is 0 Å². The van der Waals surface area contributed by atoms with Crippen LogP contribution in [0.1, 0.15) is 71.1 Å². The van der Waals surface area contributed by atoms with E-state index >= 15 is 0 Å². The number of hydrogen-bond donors (Lipinski definition) is 1. The fraction of sp³-hybridized carbons (Fsp3) is 0.667. The van der Waals surface area contributed by atoms with Crippen LogP contribution in [0.25, 0.3) is 0 Å². The summed E-state index contributed by atoms with van der Waals surface area (Å²) in [6.45, 7) is 2.24. The first kappa shape index (κ1) is 19.3. The van der Waals surface area contributed by atoms with Gasteiger partial charge in [-0.15, -0.1) is 0 Å². The number of rotatable bonds is 13. The third-order valence-corrected chi connectivity index (χ3v) is 5.16. The summed E-state index contributed by atoms with van der Waals surface area (Å²) >= 11 is 0. The maximum atomic E-state index is 12.0. The lowest BCUT2D eigenvalue weighted by molar-refractivity contribution is 0.377. The van der Waals surface area contributed by atoms with Gasteiger partial charge in [0.1, 0.15) is 5.75 Å². The molecule has 0 aliphatic rings. The normalized spacial score (nSPS) is 13.7. The molecule has 1 N–H and O–H groups in total. The molecule has 22 heavy (non-hydrogen) atoms. The van der Waals surface area contributed by atoms with Crippen molar-refractivity contribution in [3.63, 3.8) is 0 Å². The molecular formula is C18H31O3P. The predicted octanol–water partition coefficient (Wildman–Crippen LogP) is 6.17. The molecule has 0 radical (unpaired) electrons. The van der Waals surface area contributed by atoms with Crippen molar-refractivity contribution < 1.29 is 14.0 Å². The average molecular weight is 326 g/mol. The summed E-state index contributed by atoms with van der Waals surface area (Å²) < 4.78 is 17.1. The molecule has 0 saturated heterocycles. The van der Waals surface area contributed by atoms with Crippen LogP contribution in [0.15, 0.2) is 30.3 Å². The largest absolute Gasteiger partial charge is 0.424 e. The Morgan fingerprint density at radius 3 is 1.91 bits per heavy atom. The SMILES string of the molecule is CCCCCCCCCCCCP(=O)(O)Oc1ccccc1. The van der Waals surface area contributed by atoms with Crippen LogP contribution in [-0.4, -0.2) is 11.1 Å². The zero-order valence-corrected chi connectivity index (χ0v) is 14.8. The molecule has 126 valence electrons. The quantitative estimate of drug-likeness (QED) is 0.348. The zero-order chi connectivity index (χ0) is 16.1. The average Bonchev–Trinajstić information content (AvgIpc) is 2.49. The zero-order valence-electron chi connectivity index (χ0n) is 13.9. The number of hydrogen-bond acceptors (Lipinski definition) is 2. The lowest BCUT2D eigenvalue weighted by Crippen LogP contribution is -1.97. The Kier molecular flexibility index (Phi) is 10.3. The highest BCUT2D eigenvalue weighted by Crippen LogP contribution is 2.43. The van der Waals surface area contributed by atoms with Gasteiger partial charge in [0, 0.05) is 0 Å². The van der Waals surface area contributed by atoms with Crippen molar-refractivity contribution in [2.24, 2.45) is 0 Å². The van der Waals surface area contributed by atoms with Crippen LogP contribution in [0.5, 0.6) is 5.75 Å². The van der Waals surface area contributed by atoms with E-state index in [0.29, 0.717) is 5.75 Å². The van der Waals surface area contributed by atoms with Crippen LogP contribution in [0.4, 0.5) is 0 Å². The van der Waals surface area contributed by atoms with E-state index in [1.807, 2.05) is 6.07 Å². The molecule has 0 aliphatic heterocycles. The fourth-order valence-corrected chi connectivity index (χ4v) is 3.66. The van der Waals surface area contributed by atoms with Gasteiger partial charge < -0.3 is 9.42 Å². The van der Waals surface area contributed by atoms with Gasteiger partial charge in [0.2, 0.25) is 0 Å². The van der Waals surface area contributed by atoms with E-state index < -0.39 is 7.60 Å². The first-order valence-electron chi connectivity index (χ1n) is 8.70. The molecule has 3 nitrogen and oxygen atoms in total. The monoisotopic (exact) mass is 326 g/mol. The maximum Gasteiger partial charge on any atom is 0.376 e.